The van der Waals surface area contributed by atoms with E-state index in [0.717, 1.165) is 0 Å². The first kappa shape index (κ1) is 17.3. The fourth-order valence-corrected chi connectivity index (χ4v) is 1.47. The van der Waals surface area contributed by atoms with Gasteiger partial charge >= 0.3 is 5.97 Å². The van der Waals surface area contributed by atoms with E-state index in [1.165, 1.54) is 14.0 Å². The molecule has 0 saturated carbocycles. The van der Waals surface area contributed by atoms with Crippen molar-refractivity contribution in [3.63, 3.8) is 0 Å². The number of hydrogen-bond donors (Lipinski definition) is 1. The summed E-state index contributed by atoms with van der Waals surface area (Å²) in [6, 6.07) is 0. The molecule has 2 atom stereocenters. The predicted molar refractivity (Wildman–Crippen MR) is 65.0 cm³/mol. The normalized spacial score (nSPS) is 16.4. The lowest BCUT2D eigenvalue weighted by Gasteiger charge is -2.33. The molecule has 0 aliphatic carbocycles. The van der Waals surface area contributed by atoms with Crippen LogP contribution >= 0.6 is 0 Å². The van der Waals surface area contributed by atoms with E-state index in [9.17, 15) is 9.90 Å². The highest BCUT2D eigenvalue weighted by Crippen LogP contribution is 2.23. The molecule has 0 aliphatic heterocycles. The number of esters is 1. The molecule has 0 rings (SSSR count). The van der Waals surface area contributed by atoms with Crippen molar-refractivity contribution in [3.05, 3.63) is 0 Å². The number of aliphatic hydroxyl groups is 1. The summed E-state index contributed by atoms with van der Waals surface area (Å²) >= 11 is 0. The van der Waals surface area contributed by atoms with Crippen LogP contribution in [0.1, 0.15) is 20.8 Å². The molecule has 18 heavy (non-hydrogen) atoms. The molecule has 1 N–H and O–H groups in total. The molecule has 0 aliphatic rings. The summed E-state index contributed by atoms with van der Waals surface area (Å²) in [7, 11) is 2.81. The first-order chi connectivity index (χ1) is 8.40. The molecular weight excluding hydrogens is 240 g/mol. The number of rotatable bonds is 9. The van der Waals surface area contributed by atoms with Gasteiger partial charge in [0.2, 0.25) is 0 Å². The topological polar surface area (TPSA) is 74.2 Å². The number of aliphatic hydroxyl groups excluding tert-OH is 1. The second-order valence-electron chi connectivity index (χ2n) is 4.45. The van der Waals surface area contributed by atoms with Crippen LogP contribution in [0.25, 0.3) is 0 Å². The number of hydrogen-bond acceptors (Lipinski definition) is 6. The minimum Gasteiger partial charge on any atom is -0.467 e. The van der Waals surface area contributed by atoms with Gasteiger partial charge < -0.3 is 24.1 Å². The van der Waals surface area contributed by atoms with Gasteiger partial charge in [0, 0.05) is 7.11 Å². The number of methoxy groups -OCH3 is 2. The van der Waals surface area contributed by atoms with Crippen LogP contribution in [0.3, 0.4) is 0 Å². The van der Waals surface area contributed by atoms with Gasteiger partial charge in [-0.3, -0.25) is 0 Å². The molecule has 108 valence electrons. The Hall–Kier alpha value is -0.690. The first-order valence-electron chi connectivity index (χ1n) is 5.87. The van der Waals surface area contributed by atoms with Gasteiger partial charge in [0.1, 0.15) is 6.79 Å². The zero-order valence-electron chi connectivity index (χ0n) is 11.8. The van der Waals surface area contributed by atoms with Crippen molar-refractivity contribution in [1.29, 1.82) is 0 Å². The van der Waals surface area contributed by atoms with Crippen molar-refractivity contribution in [2.45, 2.75) is 32.5 Å². The monoisotopic (exact) mass is 264 g/mol. The average molecular weight is 264 g/mol. The number of ether oxygens (including phenoxy) is 4. The molecule has 0 amide bonds. The van der Waals surface area contributed by atoms with Crippen molar-refractivity contribution >= 4 is 5.97 Å². The van der Waals surface area contributed by atoms with Gasteiger partial charge in [-0.25, -0.2) is 4.79 Å². The second kappa shape index (κ2) is 8.42. The van der Waals surface area contributed by atoms with Gasteiger partial charge in [-0.2, -0.15) is 0 Å². The Morgan fingerprint density at radius 3 is 2.33 bits per heavy atom. The van der Waals surface area contributed by atoms with Crippen LogP contribution in [0.2, 0.25) is 0 Å². The highest BCUT2D eigenvalue weighted by molar-refractivity contribution is 5.79. The van der Waals surface area contributed by atoms with E-state index in [0.29, 0.717) is 13.2 Å². The molecule has 0 aromatic heterocycles. The molecule has 0 aromatic rings. The molecule has 0 unspecified atom stereocenters. The van der Waals surface area contributed by atoms with Crippen LogP contribution in [-0.4, -0.2) is 57.0 Å². The Labute approximate surface area is 108 Å². The van der Waals surface area contributed by atoms with Crippen molar-refractivity contribution < 1.29 is 28.8 Å². The summed E-state index contributed by atoms with van der Waals surface area (Å²) < 4.78 is 19.9. The molecule has 0 heterocycles. The lowest BCUT2D eigenvalue weighted by Crippen LogP contribution is -2.52. The fourth-order valence-electron chi connectivity index (χ4n) is 1.47. The maximum atomic E-state index is 11.7. The summed E-state index contributed by atoms with van der Waals surface area (Å²) in [6.45, 7) is 5.75. The Morgan fingerprint density at radius 2 is 1.89 bits per heavy atom. The molecule has 0 radical (unpaired) electrons. The lowest BCUT2D eigenvalue weighted by molar-refractivity contribution is -0.210. The summed E-state index contributed by atoms with van der Waals surface area (Å²) in [5.41, 5.74) is -1.43. The first-order valence-corrected chi connectivity index (χ1v) is 5.87. The fraction of sp³-hybridized carbons (Fsp3) is 0.917. The van der Waals surface area contributed by atoms with E-state index in [4.69, 9.17) is 14.2 Å². The van der Waals surface area contributed by atoms with Crippen LogP contribution < -0.4 is 0 Å². The molecular formula is C12H24O6. The number of carbonyl (C=O) groups is 1. The highest BCUT2D eigenvalue weighted by atomic mass is 16.7. The Balaban J connectivity index is 4.44. The summed E-state index contributed by atoms with van der Waals surface area (Å²) in [5.74, 6) is -0.771. The van der Waals surface area contributed by atoms with Crippen LogP contribution in [0, 0.1) is 5.92 Å². The summed E-state index contributed by atoms with van der Waals surface area (Å²) in [4.78, 5) is 11.7. The van der Waals surface area contributed by atoms with E-state index in [1.807, 2.05) is 0 Å². The van der Waals surface area contributed by atoms with Gasteiger partial charge in [0.05, 0.1) is 26.4 Å². The van der Waals surface area contributed by atoms with Gasteiger partial charge in [0.25, 0.3) is 0 Å². The third-order valence-corrected chi connectivity index (χ3v) is 2.66. The molecule has 6 nitrogen and oxygen atoms in total. The Kier molecular flexibility index (Phi) is 8.10. The van der Waals surface area contributed by atoms with Crippen molar-refractivity contribution in [2.24, 2.45) is 5.92 Å². The Bertz CT molecular complexity index is 243. The van der Waals surface area contributed by atoms with Crippen molar-refractivity contribution in [2.75, 3.05) is 34.2 Å². The van der Waals surface area contributed by atoms with Crippen LogP contribution in [0.5, 0.6) is 0 Å². The van der Waals surface area contributed by atoms with Crippen LogP contribution in [0.4, 0.5) is 0 Å². The quantitative estimate of drug-likeness (QED) is 0.373. The summed E-state index contributed by atoms with van der Waals surface area (Å²) in [6.07, 6.45) is -0.976. The predicted octanol–water partition coefficient (Wildman–Crippen LogP) is 0.572. The zero-order chi connectivity index (χ0) is 14.2. The van der Waals surface area contributed by atoms with Crippen LogP contribution in [-0.2, 0) is 23.7 Å². The van der Waals surface area contributed by atoms with Gasteiger partial charge in [0.15, 0.2) is 5.60 Å². The van der Waals surface area contributed by atoms with E-state index in [-0.39, 0.29) is 12.7 Å². The number of carbonyl (C=O) groups excluding carboxylic acids is 1. The molecule has 0 bridgehead atoms. The van der Waals surface area contributed by atoms with Gasteiger partial charge in [-0.05, 0) is 12.8 Å². The molecule has 0 fully saturated rings. The van der Waals surface area contributed by atoms with E-state index in [1.54, 1.807) is 21.0 Å². The molecule has 6 heteroatoms. The third-order valence-electron chi connectivity index (χ3n) is 2.66. The van der Waals surface area contributed by atoms with Crippen molar-refractivity contribution in [3.8, 4) is 0 Å². The zero-order valence-corrected chi connectivity index (χ0v) is 11.8. The smallest absolute Gasteiger partial charge is 0.340 e. The summed E-state index contributed by atoms with van der Waals surface area (Å²) in [5, 5.41) is 10.0. The Morgan fingerprint density at radius 1 is 1.28 bits per heavy atom. The van der Waals surface area contributed by atoms with Gasteiger partial charge in [-0.15, -0.1) is 0 Å². The minimum atomic E-state index is -1.43. The van der Waals surface area contributed by atoms with E-state index >= 15 is 0 Å². The largest absolute Gasteiger partial charge is 0.467 e. The van der Waals surface area contributed by atoms with Crippen LogP contribution in [0.15, 0.2) is 0 Å². The van der Waals surface area contributed by atoms with E-state index in [2.05, 4.69) is 4.74 Å². The second-order valence-corrected chi connectivity index (χ2v) is 4.45. The van der Waals surface area contributed by atoms with E-state index < -0.39 is 17.7 Å². The molecule has 0 spiro atoms. The average Bonchev–Trinajstić information content (AvgIpc) is 2.36. The molecule has 0 aromatic carbocycles. The third kappa shape index (κ3) is 4.89. The van der Waals surface area contributed by atoms with Crippen molar-refractivity contribution in [1.82, 2.24) is 0 Å². The standard InChI is InChI=1S/C12H24O6/c1-9(2)10(13)12(3,11(14)16-5)18-8-17-7-6-15-4/h9-10,13H,6-8H2,1-5H3/t10-,12+/m1/s1. The highest BCUT2D eigenvalue weighted by Gasteiger charge is 2.44. The lowest BCUT2D eigenvalue weighted by atomic mass is 9.90. The molecule has 0 saturated heterocycles. The maximum Gasteiger partial charge on any atom is 0.340 e. The SMILES string of the molecule is COCCOCO[C@](C)(C(=O)OC)[C@H](O)C(C)C. The maximum absolute atomic E-state index is 11.7. The minimum absolute atomic E-state index is 0.112. The van der Waals surface area contributed by atoms with Gasteiger partial charge in [-0.1, -0.05) is 13.8 Å².